The zero-order chi connectivity index (χ0) is 28.8. The number of rotatable bonds is 9. The maximum absolute atomic E-state index is 13.8. The van der Waals surface area contributed by atoms with E-state index in [1.54, 1.807) is 6.07 Å². The van der Waals surface area contributed by atoms with Gasteiger partial charge in [-0.3, -0.25) is 14.9 Å². The third-order valence-corrected chi connectivity index (χ3v) is 8.74. The summed E-state index contributed by atoms with van der Waals surface area (Å²) in [6.45, 7) is 1.50. The summed E-state index contributed by atoms with van der Waals surface area (Å²) in [5, 5.41) is 21.9. The summed E-state index contributed by atoms with van der Waals surface area (Å²) in [5.74, 6) is 0.174. The SMILES string of the molecule is CN(C)CCOc1ccc2[nH]c(C(=O)N3CC(CCl)C4=C3CC([N+](=O)[O-])c3cc(S(=O)(=O)NO)ccc34)cc2c1.Cl. The Balaban J connectivity index is 0.00000387. The first-order chi connectivity index (χ1) is 19.0. The van der Waals surface area contributed by atoms with Crippen molar-refractivity contribution in [2.75, 3.05) is 39.7 Å². The number of carbonyl (C=O) groups is 1. The van der Waals surface area contributed by atoms with Gasteiger partial charge < -0.3 is 24.7 Å². The van der Waals surface area contributed by atoms with E-state index in [2.05, 4.69) is 4.98 Å². The highest BCUT2D eigenvalue weighted by atomic mass is 35.5. The fourth-order valence-electron chi connectivity index (χ4n) is 5.30. The highest BCUT2D eigenvalue weighted by Gasteiger charge is 2.45. The zero-order valence-corrected chi connectivity index (χ0v) is 24.6. The highest BCUT2D eigenvalue weighted by molar-refractivity contribution is 7.89. The van der Waals surface area contributed by atoms with Gasteiger partial charge in [-0.2, -0.15) is 0 Å². The summed E-state index contributed by atoms with van der Waals surface area (Å²) >= 11 is 6.31. The number of sulfonamides is 1. The number of nitrogens with one attached hydrogen (secondary N) is 2. The Morgan fingerprint density at radius 2 is 2.02 bits per heavy atom. The summed E-state index contributed by atoms with van der Waals surface area (Å²) < 4.78 is 30.1. The van der Waals surface area contributed by atoms with Crippen LogP contribution in [0.25, 0.3) is 16.5 Å². The van der Waals surface area contributed by atoms with E-state index in [-0.39, 0.29) is 53.5 Å². The summed E-state index contributed by atoms with van der Waals surface area (Å²) in [5.41, 5.74) is 2.90. The minimum atomic E-state index is -4.25. The molecule has 2 heterocycles. The number of hydrogen-bond acceptors (Lipinski definition) is 8. The van der Waals surface area contributed by atoms with Crippen molar-refractivity contribution in [3.63, 3.8) is 0 Å². The quantitative estimate of drug-likeness (QED) is 0.185. The molecule has 1 aromatic heterocycles. The highest BCUT2D eigenvalue weighted by Crippen LogP contribution is 2.48. The Bertz CT molecular complexity index is 1640. The molecule has 220 valence electrons. The third kappa shape index (κ3) is 5.78. The van der Waals surface area contributed by atoms with E-state index in [0.717, 1.165) is 17.4 Å². The van der Waals surface area contributed by atoms with Gasteiger partial charge >= 0.3 is 0 Å². The van der Waals surface area contributed by atoms with E-state index in [9.17, 15) is 23.3 Å². The summed E-state index contributed by atoms with van der Waals surface area (Å²) in [6.07, 6.45) is -0.116. The molecule has 0 bridgehead atoms. The van der Waals surface area contributed by atoms with Crippen LogP contribution in [0.15, 0.2) is 53.1 Å². The Hall–Kier alpha value is -3.20. The van der Waals surface area contributed by atoms with Gasteiger partial charge in [0.2, 0.25) is 6.04 Å². The topological polar surface area (TPSA) is 158 Å². The number of ether oxygens (including phenoxy) is 1. The number of aromatic nitrogens is 1. The first-order valence-corrected chi connectivity index (χ1v) is 14.5. The largest absolute Gasteiger partial charge is 0.492 e. The predicted molar refractivity (Wildman–Crippen MR) is 155 cm³/mol. The van der Waals surface area contributed by atoms with Crippen LogP contribution < -0.4 is 9.62 Å². The van der Waals surface area contributed by atoms with E-state index in [1.807, 2.05) is 37.2 Å². The molecule has 41 heavy (non-hydrogen) atoms. The van der Waals surface area contributed by atoms with Crippen molar-refractivity contribution >= 4 is 56.4 Å². The average molecular weight is 627 g/mol. The molecule has 2 aromatic carbocycles. The lowest BCUT2D eigenvalue weighted by Crippen LogP contribution is -2.31. The van der Waals surface area contributed by atoms with Gasteiger partial charge in [0.15, 0.2) is 0 Å². The van der Waals surface area contributed by atoms with Crippen LogP contribution in [-0.4, -0.2) is 78.9 Å². The molecule has 2 atom stereocenters. The lowest BCUT2D eigenvalue weighted by molar-refractivity contribution is -0.529. The van der Waals surface area contributed by atoms with Crippen LogP contribution in [-0.2, 0) is 10.0 Å². The van der Waals surface area contributed by atoms with Crippen molar-refractivity contribution in [3.05, 3.63) is 75.1 Å². The van der Waals surface area contributed by atoms with Crippen LogP contribution in [0.4, 0.5) is 0 Å². The number of nitro groups is 1. The van der Waals surface area contributed by atoms with Crippen molar-refractivity contribution in [2.24, 2.45) is 5.92 Å². The fourth-order valence-corrected chi connectivity index (χ4v) is 6.19. The molecular weight excluding hydrogens is 597 g/mol. The number of benzene rings is 2. The fraction of sp³-hybridized carbons (Fsp3) is 0.346. The number of amides is 1. The van der Waals surface area contributed by atoms with E-state index in [4.69, 9.17) is 21.5 Å². The number of fused-ring (bicyclic) bond motifs is 3. The van der Waals surface area contributed by atoms with Crippen molar-refractivity contribution in [3.8, 4) is 5.75 Å². The molecule has 0 saturated carbocycles. The Morgan fingerprint density at radius 3 is 2.68 bits per heavy atom. The Kier molecular flexibility index (Phi) is 8.97. The van der Waals surface area contributed by atoms with Crippen molar-refractivity contribution < 1.29 is 28.1 Å². The number of H-pyrrole nitrogens is 1. The van der Waals surface area contributed by atoms with Crippen molar-refractivity contribution in [1.29, 1.82) is 0 Å². The van der Waals surface area contributed by atoms with Crippen LogP contribution in [0.2, 0.25) is 0 Å². The number of carbonyl (C=O) groups excluding carboxylic acids is 1. The normalized spacial score (nSPS) is 18.3. The molecule has 1 aliphatic heterocycles. The molecule has 12 nitrogen and oxygen atoms in total. The first kappa shape index (κ1) is 30.8. The minimum Gasteiger partial charge on any atom is -0.492 e. The van der Waals surface area contributed by atoms with Crippen LogP contribution in [0, 0.1) is 16.0 Å². The van der Waals surface area contributed by atoms with Crippen molar-refractivity contribution in [2.45, 2.75) is 17.4 Å². The minimum absolute atomic E-state index is 0. The van der Waals surface area contributed by atoms with Gasteiger partial charge in [0.1, 0.15) is 18.1 Å². The van der Waals surface area contributed by atoms with E-state index < -0.39 is 21.0 Å². The molecule has 0 radical (unpaired) electrons. The molecule has 0 spiro atoms. The van der Waals surface area contributed by atoms with Gasteiger partial charge in [0.25, 0.3) is 15.9 Å². The lowest BCUT2D eigenvalue weighted by Gasteiger charge is -2.26. The van der Waals surface area contributed by atoms with Gasteiger partial charge in [-0.15, -0.1) is 24.0 Å². The van der Waals surface area contributed by atoms with Gasteiger partial charge in [-0.25, -0.2) is 8.42 Å². The van der Waals surface area contributed by atoms with E-state index in [1.165, 1.54) is 28.0 Å². The monoisotopic (exact) mass is 625 g/mol. The second-order valence-corrected chi connectivity index (χ2v) is 12.0. The van der Waals surface area contributed by atoms with Gasteiger partial charge in [0, 0.05) is 52.0 Å². The molecule has 0 fully saturated rings. The van der Waals surface area contributed by atoms with Gasteiger partial charge in [0.05, 0.1) is 11.3 Å². The molecule has 1 amide bonds. The summed E-state index contributed by atoms with van der Waals surface area (Å²) in [4.78, 5) is 33.0. The number of alkyl halides is 1. The average Bonchev–Trinajstić information content (AvgIpc) is 3.53. The smallest absolute Gasteiger partial charge is 0.274 e. The molecule has 2 unspecified atom stereocenters. The predicted octanol–water partition coefficient (Wildman–Crippen LogP) is 3.64. The van der Waals surface area contributed by atoms with Gasteiger partial charge in [-0.1, -0.05) is 11.0 Å². The molecule has 15 heteroatoms. The van der Waals surface area contributed by atoms with E-state index >= 15 is 0 Å². The number of likely N-dealkylation sites (N-methyl/N-ethyl adjacent to an activating group) is 1. The lowest BCUT2D eigenvalue weighted by atomic mass is 9.82. The summed E-state index contributed by atoms with van der Waals surface area (Å²) in [7, 11) is -0.330. The van der Waals surface area contributed by atoms with Crippen LogP contribution in [0.5, 0.6) is 5.75 Å². The Labute approximate surface area is 247 Å². The maximum atomic E-state index is 13.8. The Morgan fingerprint density at radius 1 is 1.27 bits per heavy atom. The van der Waals surface area contributed by atoms with Crippen molar-refractivity contribution in [1.82, 2.24) is 19.7 Å². The second kappa shape index (κ2) is 12.0. The summed E-state index contributed by atoms with van der Waals surface area (Å²) in [6, 6.07) is 9.86. The molecule has 3 N–H and O–H groups in total. The first-order valence-electron chi connectivity index (χ1n) is 12.5. The molecule has 3 aromatic rings. The molecule has 5 rings (SSSR count). The number of hydrogen-bond donors (Lipinski definition) is 3. The van der Waals surface area contributed by atoms with E-state index in [0.29, 0.717) is 34.9 Å². The van der Waals surface area contributed by atoms with Gasteiger partial charge in [-0.05, 0) is 61.6 Å². The number of halogens is 2. The number of aromatic amines is 1. The molecule has 0 saturated heterocycles. The van der Waals surface area contributed by atoms with Crippen LogP contribution in [0.1, 0.15) is 34.1 Å². The number of nitrogens with zero attached hydrogens (tertiary/aromatic N) is 3. The molecule has 1 aliphatic carbocycles. The maximum Gasteiger partial charge on any atom is 0.274 e. The standard InChI is InChI=1S/C26H28ClN5O7S.ClH/c1-30(2)7-8-39-17-3-6-21-15(9-17)10-22(28-21)26(33)31-14-16(13-27)25-19-5-4-18(40(37,38)29-34)11-20(19)23(32(35)36)12-24(25)31;/h3-6,9-11,16,23,28-29,34H,7-8,12-14H2,1-2H3;1H. The van der Waals surface area contributed by atoms with Crippen LogP contribution >= 0.6 is 24.0 Å². The van der Waals surface area contributed by atoms with Crippen LogP contribution in [0.3, 0.4) is 0 Å². The molecular formula is C26H29Cl2N5O7S. The zero-order valence-electron chi connectivity index (χ0n) is 22.2. The third-order valence-electron chi connectivity index (χ3n) is 7.25. The molecule has 2 aliphatic rings. The second-order valence-electron chi connectivity index (χ2n) is 10.1.